The molecule has 2 heteroatoms. The van der Waals surface area contributed by atoms with Crippen molar-refractivity contribution in [3.05, 3.63) is 75.3 Å². The maximum Gasteiger partial charge on any atom is 4.00 e. The summed E-state index contributed by atoms with van der Waals surface area (Å²) in [4.78, 5) is 0. The largest absolute Gasteiger partial charge is 4.00 e. The van der Waals surface area contributed by atoms with E-state index in [4.69, 9.17) is 0 Å². The predicted molar refractivity (Wildman–Crippen MR) is 134 cm³/mol. The van der Waals surface area contributed by atoms with Crippen molar-refractivity contribution in [2.75, 3.05) is 0 Å². The molecule has 0 amide bonds. The van der Waals surface area contributed by atoms with Crippen LogP contribution in [0.5, 0.6) is 0 Å². The third-order valence-electron chi connectivity index (χ3n) is 7.17. The van der Waals surface area contributed by atoms with Gasteiger partial charge < -0.3 is 26.7 Å². The zero-order valence-electron chi connectivity index (χ0n) is 19.9. The molecule has 0 heterocycles. The van der Waals surface area contributed by atoms with Gasteiger partial charge in [0, 0.05) is 0 Å². The standard InChI is InChI=1S/C20H26Si.2C4H9.Zr/c1-21(2,19-11-15-7-3-4-8-16(15)12-19)20-13-17-9-5-6-10-18(17)14-20;2*1-3-4-2;/h3-11,13,15-20H,12,14H2,1-2H3;2*1,3-4H2,2H3;/q-2;2*-1;+4. The molecule has 4 aliphatic carbocycles. The molecule has 0 N–H and O–H groups in total. The number of hydrogen-bond acceptors (Lipinski definition) is 0. The summed E-state index contributed by atoms with van der Waals surface area (Å²) in [6, 6.07) is 0. The van der Waals surface area contributed by atoms with Crippen LogP contribution < -0.4 is 0 Å². The summed E-state index contributed by atoms with van der Waals surface area (Å²) in [6.07, 6.45) is 31.4. The third-order valence-corrected chi connectivity index (χ3v) is 11.9. The van der Waals surface area contributed by atoms with Crippen LogP contribution in [-0.2, 0) is 26.2 Å². The second-order valence-electron chi connectivity index (χ2n) is 9.62. The number of rotatable bonds is 4. The van der Waals surface area contributed by atoms with Gasteiger partial charge in [-0.25, -0.2) is 0 Å². The molecule has 2 saturated carbocycles. The van der Waals surface area contributed by atoms with E-state index in [0.717, 1.165) is 47.6 Å². The van der Waals surface area contributed by atoms with E-state index in [-0.39, 0.29) is 26.2 Å². The van der Waals surface area contributed by atoms with Crippen molar-refractivity contribution in [2.24, 2.45) is 23.7 Å². The van der Waals surface area contributed by atoms with Crippen molar-refractivity contribution in [3.8, 4) is 0 Å². The first-order valence-corrected chi connectivity index (χ1v) is 15.1. The van der Waals surface area contributed by atoms with Crippen LogP contribution in [0.4, 0.5) is 0 Å². The van der Waals surface area contributed by atoms with E-state index in [2.05, 4.69) is 102 Å². The van der Waals surface area contributed by atoms with E-state index < -0.39 is 8.07 Å². The fraction of sp³-hybridized carbons (Fsp3) is 0.571. The zero-order chi connectivity index (χ0) is 21.3. The molecule has 0 aromatic heterocycles. The Morgan fingerprint density at radius 2 is 1.07 bits per heavy atom. The normalized spacial score (nSPS) is 32.9. The number of fused-ring (bicyclic) bond motifs is 2. The van der Waals surface area contributed by atoms with Crippen molar-refractivity contribution in [2.45, 2.75) is 76.5 Å². The van der Waals surface area contributed by atoms with Crippen LogP contribution >= 0.6 is 0 Å². The molecule has 6 unspecified atom stereocenters. The van der Waals surface area contributed by atoms with Crippen LogP contribution in [0.15, 0.2) is 48.6 Å². The van der Waals surface area contributed by atoms with Crippen LogP contribution in [0.2, 0.25) is 24.2 Å². The van der Waals surface area contributed by atoms with Crippen molar-refractivity contribution in [3.63, 3.8) is 0 Å². The predicted octanol–water partition coefficient (Wildman–Crippen LogP) is 8.61. The molecule has 4 aliphatic rings. The molecule has 0 radical (unpaired) electrons. The van der Waals surface area contributed by atoms with Crippen molar-refractivity contribution in [1.29, 1.82) is 0 Å². The Bertz CT molecular complexity index is 491. The van der Waals surface area contributed by atoms with E-state index in [1.54, 1.807) is 0 Å². The maximum atomic E-state index is 3.60. The summed E-state index contributed by atoms with van der Waals surface area (Å²) in [7, 11) is -1.26. The van der Waals surface area contributed by atoms with Crippen molar-refractivity contribution >= 4 is 8.07 Å². The van der Waals surface area contributed by atoms with E-state index in [1.807, 2.05) is 0 Å². The van der Waals surface area contributed by atoms with E-state index in [1.165, 1.54) is 25.7 Å². The summed E-state index contributed by atoms with van der Waals surface area (Å²) in [6.45, 7) is 16.7. The monoisotopic (exact) mass is 498 g/mol. The molecule has 4 rings (SSSR count). The van der Waals surface area contributed by atoms with Gasteiger partial charge in [-0.2, -0.15) is 23.9 Å². The number of hydrogen-bond donors (Lipinski definition) is 0. The Morgan fingerprint density at radius 3 is 1.37 bits per heavy atom. The Kier molecular flexibility index (Phi) is 13.4. The Hall–Kier alpha value is 0.0600. The minimum absolute atomic E-state index is 0. The number of unbranched alkanes of at least 4 members (excludes halogenated alkanes) is 2. The minimum atomic E-state index is -1.26. The average Bonchev–Trinajstić information content (AvgIpc) is 3.39. The van der Waals surface area contributed by atoms with Crippen molar-refractivity contribution < 1.29 is 26.2 Å². The quantitative estimate of drug-likeness (QED) is 0.268. The minimum Gasteiger partial charge on any atom is -0.343 e. The first kappa shape index (κ1) is 28.1. The molecule has 2 fully saturated rings. The molecule has 30 heavy (non-hydrogen) atoms. The fourth-order valence-corrected chi connectivity index (χ4v) is 8.63. The topological polar surface area (TPSA) is 0 Å². The van der Waals surface area contributed by atoms with E-state index in [9.17, 15) is 0 Å². The van der Waals surface area contributed by atoms with Crippen LogP contribution in [0.25, 0.3) is 0 Å². The summed E-state index contributed by atoms with van der Waals surface area (Å²) >= 11 is 0. The SMILES string of the molecule is C[Si](C)(C1[CH-]C2C=CC=CC2C1)C1[CH-]C2C=CC=CC2C1.[CH2-]CCC.[CH2-]CCC.[Zr+4]. The molecule has 6 atom stereocenters. The molecule has 0 nitrogen and oxygen atoms in total. The van der Waals surface area contributed by atoms with Gasteiger partial charge in [-0.15, -0.1) is 24.0 Å². The Morgan fingerprint density at radius 1 is 0.733 bits per heavy atom. The first-order valence-electron chi connectivity index (χ1n) is 12.0. The van der Waals surface area contributed by atoms with Crippen molar-refractivity contribution in [1.82, 2.24) is 0 Å². The summed E-state index contributed by atoms with van der Waals surface area (Å²) in [5.74, 6) is 3.01. The molecule has 0 aromatic carbocycles. The molecule has 0 aliphatic heterocycles. The van der Waals surface area contributed by atoms with Gasteiger partial charge in [-0.05, 0) is 19.9 Å². The van der Waals surface area contributed by atoms with Crippen LogP contribution in [0, 0.1) is 50.4 Å². The van der Waals surface area contributed by atoms with Gasteiger partial charge in [0.1, 0.15) is 0 Å². The van der Waals surface area contributed by atoms with Crippen LogP contribution in [-0.4, -0.2) is 8.07 Å². The summed E-state index contributed by atoms with van der Waals surface area (Å²) in [5.41, 5.74) is 1.77. The summed E-state index contributed by atoms with van der Waals surface area (Å²) in [5, 5.41) is 0. The first-order chi connectivity index (χ1) is 14.0. The third kappa shape index (κ3) is 7.58. The average molecular weight is 500 g/mol. The van der Waals surface area contributed by atoms with Crippen LogP contribution in [0.3, 0.4) is 0 Å². The number of allylic oxidation sites excluding steroid dienone is 8. The van der Waals surface area contributed by atoms with Gasteiger partial charge >= 0.3 is 26.2 Å². The maximum absolute atomic E-state index is 3.60. The Labute approximate surface area is 208 Å². The molecular formula is C28H44SiZr. The smallest absolute Gasteiger partial charge is 0.343 e. The van der Waals surface area contributed by atoms with Gasteiger partial charge in [0.05, 0.1) is 0 Å². The molecule has 0 spiro atoms. The van der Waals surface area contributed by atoms with Gasteiger partial charge in [0.25, 0.3) is 0 Å². The van der Waals surface area contributed by atoms with Gasteiger partial charge in [0.2, 0.25) is 0 Å². The summed E-state index contributed by atoms with van der Waals surface area (Å²) < 4.78 is 0. The van der Waals surface area contributed by atoms with Gasteiger partial charge in [0.15, 0.2) is 0 Å². The van der Waals surface area contributed by atoms with Gasteiger partial charge in [-0.1, -0.05) is 89.1 Å². The molecular weight excluding hydrogens is 456 g/mol. The molecule has 164 valence electrons. The second-order valence-corrected chi connectivity index (χ2v) is 14.7. The van der Waals surface area contributed by atoms with E-state index >= 15 is 0 Å². The molecule has 0 bridgehead atoms. The zero-order valence-corrected chi connectivity index (χ0v) is 23.4. The van der Waals surface area contributed by atoms with Gasteiger partial charge in [-0.3, -0.25) is 0 Å². The molecule has 0 saturated heterocycles. The Balaban J connectivity index is 0.000000435. The second kappa shape index (κ2) is 14.3. The molecule has 0 aromatic rings. The fourth-order valence-electron chi connectivity index (χ4n) is 4.88. The van der Waals surface area contributed by atoms with E-state index in [0.29, 0.717) is 0 Å². The van der Waals surface area contributed by atoms with Crippen LogP contribution in [0.1, 0.15) is 52.4 Å².